The summed E-state index contributed by atoms with van der Waals surface area (Å²) in [6.45, 7) is 0.985. The van der Waals surface area contributed by atoms with E-state index in [0.717, 1.165) is 11.3 Å². The van der Waals surface area contributed by atoms with Gasteiger partial charge in [-0.1, -0.05) is 30.3 Å². The zero-order valence-corrected chi connectivity index (χ0v) is 16.1. The van der Waals surface area contributed by atoms with Crippen molar-refractivity contribution in [2.24, 2.45) is 0 Å². The summed E-state index contributed by atoms with van der Waals surface area (Å²) in [5.74, 6) is -1.18. The molecule has 7 heteroatoms. The topological polar surface area (TPSA) is 60.0 Å². The van der Waals surface area contributed by atoms with Gasteiger partial charge in [-0.3, -0.25) is 5.32 Å². The first kappa shape index (κ1) is 20.1. The number of carbonyl (C=O) groups is 1. The van der Waals surface area contributed by atoms with Gasteiger partial charge in [0, 0.05) is 38.6 Å². The minimum atomic E-state index is -1.26. The number of nitrogens with zero attached hydrogens (tertiary/aromatic N) is 1. The van der Waals surface area contributed by atoms with Crippen LogP contribution in [0.1, 0.15) is 12.0 Å². The van der Waals surface area contributed by atoms with Gasteiger partial charge in [-0.15, -0.1) is 0 Å². The first-order valence-electron chi connectivity index (χ1n) is 9.13. The van der Waals surface area contributed by atoms with Crippen molar-refractivity contribution >= 4 is 17.5 Å². The van der Waals surface area contributed by atoms with E-state index in [2.05, 4.69) is 5.32 Å². The fourth-order valence-electron chi connectivity index (χ4n) is 3.28. The van der Waals surface area contributed by atoms with Crippen molar-refractivity contribution in [2.45, 2.75) is 25.0 Å². The number of hydrogen-bond acceptors (Lipinski definition) is 5. The van der Waals surface area contributed by atoms with Crippen LogP contribution in [0.5, 0.6) is 0 Å². The highest BCUT2D eigenvalue weighted by Crippen LogP contribution is 2.32. The highest BCUT2D eigenvalue weighted by Gasteiger charge is 2.44. The van der Waals surface area contributed by atoms with E-state index >= 15 is 0 Å². The second kappa shape index (κ2) is 9.03. The molecule has 0 aliphatic carbocycles. The Hall–Kier alpha value is -2.64. The first-order valence-corrected chi connectivity index (χ1v) is 9.13. The van der Waals surface area contributed by atoms with Gasteiger partial charge < -0.3 is 19.1 Å². The third-order valence-corrected chi connectivity index (χ3v) is 4.97. The summed E-state index contributed by atoms with van der Waals surface area (Å²) in [5.41, 5.74) is 2.40. The fourth-order valence-corrected chi connectivity index (χ4v) is 3.28. The number of nitrogens with one attached hydrogen (secondary N) is 1. The molecule has 150 valence electrons. The van der Waals surface area contributed by atoms with E-state index in [1.807, 2.05) is 47.4 Å². The molecule has 1 heterocycles. The Labute approximate surface area is 164 Å². The van der Waals surface area contributed by atoms with E-state index in [1.54, 1.807) is 12.1 Å². The van der Waals surface area contributed by atoms with E-state index in [9.17, 15) is 9.18 Å². The Bertz CT molecular complexity index is 766. The molecule has 1 N–H and O–H groups in total. The maximum absolute atomic E-state index is 14.6. The molecular formula is C21H25FN2O4. The molecular weight excluding hydrogens is 363 g/mol. The van der Waals surface area contributed by atoms with E-state index in [1.165, 1.54) is 14.2 Å². The number of anilines is 2. The predicted octanol–water partition coefficient (Wildman–Crippen LogP) is 3.97. The number of carbonyl (C=O) groups excluding carboxylic acids is 1. The number of amides is 1. The Morgan fingerprint density at radius 1 is 1.14 bits per heavy atom. The molecule has 1 atom stereocenters. The average molecular weight is 388 g/mol. The van der Waals surface area contributed by atoms with Gasteiger partial charge in [-0.2, -0.15) is 0 Å². The van der Waals surface area contributed by atoms with E-state index < -0.39 is 18.1 Å². The molecule has 0 aromatic heterocycles. The number of ether oxygens (including phenoxy) is 3. The number of methoxy groups -OCH3 is 2. The van der Waals surface area contributed by atoms with Crippen LogP contribution >= 0.6 is 0 Å². The lowest BCUT2D eigenvalue weighted by Gasteiger charge is -2.42. The molecule has 28 heavy (non-hydrogen) atoms. The zero-order chi connectivity index (χ0) is 20.0. The number of piperidine rings is 1. The molecule has 0 spiro atoms. The van der Waals surface area contributed by atoms with Gasteiger partial charge in [-0.25, -0.2) is 9.18 Å². The summed E-state index contributed by atoms with van der Waals surface area (Å²) >= 11 is 0. The van der Waals surface area contributed by atoms with Crippen LogP contribution in [0.25, 0.3) is 0 Å². The normalized spacial score (nSPS) is 18.5. The number of benzene rings is 2. The van der Waals surface area contributed by atoms with Gasteiger partial charge in [-0.05, 0) is 29.8 Å². The first-order chi connectivity index (χ1) is 13.6. The van der Waals surface area contributed by atoms with Crippen LogP contribution < -0.4 is 10.2 Å². The molecule has 1 saturated heterocycles. The average Bonchev–Trinajstić information content (AvgIpc) is 2.74. The van der Waals surface area contributed by atoms with Crippen LogP contribution in [0.15, 0.2) is 54.6 Å². The molecule has 3 rings (SSSR count). The lowest BCUT2D eigenvalue weighted by molar-refractivity contribution is -0.249. The molecule has 2 aromatic rings. The number of alkyl halides is 1. The number of halogens is 1. The molecule has 0 saturated carbocycles. The van der Waals surface area contributed by atoms with Crippen molar-refractivity contribution in [3.05, 3.63) is 60.2 Å². The highest BCUT2D eigenvalue weighted by molar-refractivity contribution is 5.84. The molecule has 1 aliphatic heterocycles. The largest absolute Gasteiger partial charge is 0.444 e. The quantitative estimate of drug-likeness (QED) is 0.759. The summed E-state index contributed by atoms with van der Waals surface area (Å²) in [7, 11) is 2.92. The summed E-state index contributed by atoms with van der Waals surface area (Å²) in [5, 5.41) is 2.69. The standard InChI is InChI=1S/C21H25FN2O4/c1-26-21(27-2)12-13-24(14-19(21)22)18-10-8-17(9-11-18)23-20(25)28-15-16-6-4-3-5-7-16/h3-11,19H,12-15H2,1-2H3,(H,23,25). The van der Waals surface area contributed by atoms with E-state index in [-0.39, 0.29) is 13.2 Å². The third-order valence-electron chi connectivity index (χ3n) is 4.97. The van der Waals surface area contributed by atoms with Crippen LogP contribution in [0.3, 0.4) is 0 Å². The van der Waals surface area contributed by atoms with Gasteiger partial charge in [0.05, 0.1) is 6.54 Å². The van der Waals surface area contributed by atoms with Gasteiger partial charge >= 0.3 is 6.09 Å². The zero-order valence-electron chi connectivity index (χ0n) is 16.1. The van der Waals surface area contributed by atoms with Gasteiger partial charge in [0.1, 0.15) is 6.61 Å². The van der Waals surface area contributed by atoms with Crippen LogP contribution in [-0.4, -0.2) is 45.4 Å². The number of rotatable bonds is 6. The van der Waals surface area contributed by atoms with Gasteiger partial charge in [0.25, 0.3) is 0 Å². The van der Waals surface area contributed by atoms with Crippen LogP contribution in [0.4, 0.5) is 20.6 Å². The smallest absolute Gasteiger partial charge is 0.411 e. The summed E-state index contributed by atoms with van der Waals surface area (Å²) in [6, 6.07) is 16.7. The lowest BCUT2D eigenvalue weighted by atomic mass is 10.0. The molecule has 6 nitrogen and oxygen atoms in total. The molecule has 1 fully saturated rings. The third kappa shape index (κ3) is 4.61. The second-order valence-electron chi connectivity index (χ2n) is 6.62. The predicted molar refractivity (Wildman–Crippen MR) is 105 cm³/mol. The summed E-state index contributed by atoms with van der Waals surface area (Å²) < 4.78 is 30.3. The van der Waals surface area contributed by atoms with E-state index in [4.69, 9.17) is 14.2 Å². The maximum atomic E-state index is 14.6. The minimum Gasteiger partial charge on any atom is -0.444 e. The molecule has 2 aromatic carbocycles. The van der Waals surface area contributed by atoms with Crippen molar-refractivity contribution in [1.82, 2.24) is 0 Å². The maximum Gasteiger partial charge on any atom is 0.411 e. The molecule has 1 unspecified atom stereocenters. The number of hydrogen-bond donors (Lipinski definition) is 1. The van der Waals surface area contributed by atoms with Crippen molar-refractivity contribution in [3.8, 4) is 0 Å². The Morgan fingerprint density at radius 2 is 1.82 bits per heavy atom. The fraction of sp³-hybridized carbons (Fsp3) is 0.381. The highest BCUT2D eigenvalue weighted by atomic mass is 19.1. The Kier molecular flexibility index (Phi) is 6.49. The molecule has 0 bridgehead atoms. The molecule has 1 aliphatic rings. The van der Waals surface area contributed by atoms with Crippen LogP contribution in [-0.2, 0) is 20.8 Å². The van der Waals surface area contributed by atoms with Crippen molar-refractivity contribution in [2.75, 3.05) is 37.5 Å². The van der Waals surface area contributed by atoms with Crippen LogP contribution in [0, 0.1) is 0 Å². The molecule has 1 amide bonds. The van der Waals surface area contributed by atoms with Crippen molar-refractivity contribution in [1.29, 1.82) is 0 Å². The summed E-state index contributed by atoms with van der Waals surface area (Å²) in [4.78, 5) is 13.9. The summed E-state index contributed by atoms with van der Waals surface area (Å²) in [6.07, 6.45) is -1.36. The van der Waals surface area contributed by atoms with Crippen molar-refractivity contribution in [3.63, 3.8) is 0 Å². The molecule has 0 radical (unpaired) electrons. The minimum absolute atomic E-state index is 0.174. The van der Waals surface area contributed by atoms with E-state index in [0.29, 0.717) is 18.7 Å². The van der Waals surface area contributed by atoms with Crippen LogP contribution in [0.2, 0.25) is 0 Å². The monoisotopic (exact) mass is 388 g/mol. The van der Waals surface area contributed by atoms with Gasteiger partial charge in [0.15, 0.2) is 6.17 Å². The van der Waals surface area contributed by atoms with Crippen molar-refractivity contribution < 1.29 is 23.4 Å². The van der Waals surface area contributed by atoms with Gasteiger partial charge in [0.2, 0.25) is 5.79 Å². The Balaban J connectivity index is 1.53. The lowest BCUT2D eigenvalue weighted by Crippen LogP contribution is -2.55. The second-order valence-corrected chi connectivity index (χ2v) is 6.62. The SMILES string of the molecule is COC1(OC)CCN(c2ccc(NC(=O)OCc3ccccc3)cc2)CC1F. The Morgan fingerprint density at radius 3 is 2.43 bits per heavy atom.